The van der Waals surface area contributed by atoms with E-state index in [1.165, 1.54) is 6.07 Å². The maximum absolute atomic E-state index is 13.6. The molecule has 1 atom stereocenters. The minimum Gasteiger partial charge on any atom is -0.352 e. The molecule has 26 heavy (non-hydrogen) atoms. The molecule has 0 spiro atoms. The van der Waals surface area contributed by atoms with Crippen LogP contribution in [0.3, 0.4) is 0 Å². The Morgan fingerprint density at radius 2 is 2.04 bits per heavy atom. The van der Waals surface area contributed by atoms with Crippen molar-refractivity contribution in [2.75, 3.05) is 19.6 Å². The Kier molecular flexibility index (Phi) is 6.25. The van der Waals surface area contributed by atoms with Crippen LogP contribution >= 0.6 is 0 Å². The first-order valence-electron chi connectivity index (χ1n) is 9.57. The standard InChI is InChI=1S/C20H28FN3O2/c1-14-4-5-15(11-18(14)21)13-23-20(26)16-6-9-24(10-7-16)19(25)12-17-3-2-8-22-17/h4-5,11,16-17,22H,2-3,6-10,12-13H2,1H3,(H,23,26). The van der Waals surface area contributed by atoms with Crippen LogP contribution in [0.2, 0.25) is 0 Å². The first-order chi connectivity index (χ1) is 12.5. The second-order valence-electron chi connectivity index (χ2n) is 7.45. The van der Waals surface area contributed by atoms with Crippen molar-refractivity contribution in [3.8, 4) is 0 Å². The minimum absolute atomic E-state index is 0.00413. The van der Waals surface area contributed by atoms with E-state index in [-0.39, 0.29) is 23.5 Å². The molecule has 0 aliphatic carbocycles. The molecule has 2 aliphatic heterocycles. The molecule has 6 heteroatoms. The van der Waals surface area contributed by atoms with Crippen LogP contribution in [-0.2, 0) is 16.1 Å². The van der Waals surface area contributed by atoms with E-state index in [9.17, 15) is 14.0 Å². The largest absolute Gasteiger partial charge is 0.352 e. The number of hydrogen-bond donors (Lipinski definition) is 2. The van der Waals surface area contributed by atoms with Crippen molar-refractivity contribution in [2.24, 2.45) is 5.92 Å². The van der Waals surface area contributed by atoms with Crippen molar-refractivity contribution < 1.29 is 14.0 Å². The van der Waals surface area contributed by atoms with Crippen LogP contribution in [0.4, 0.5) is 4.39 Å². The smallest absolute Gasteiger partial charge is 0.224 e. The van der Waals surface area contributed by atoms with Gasteiger partial charge in [0.05, 0.1) is 0 Å². The normalized spacial score (nSPS) is 21.0. The fourth-order valence-electron chi connectivity index (χ4n) is 3.74. The lowest BCUT2D eigenvalue weighted by Gasteiger charge is -2.32. The summed E-state index contributed by atoms with van der Waals surface area (Å²) >= 11 is 0. The molecule has 2 fully saturated rings. The molecule has 0 aromatic heterocycles. The van der Waals surface area contributed by atoms with Gasteiger partial charge >= 0.3 is 0 Å². The van der Waals surface area contributed by atoms with E-state index in [0.29, 0.717) is 50.5 Å². The molecule has 1 aromatic carbocycles. The highest BCUT2D eigenvalue weighted by atomic mass is 19.1. The van der Waals surface area contributed by atoms with E-state index in [2.05, 4.69) is 10.6 Å². The third-order valence-electron chi connectivity index (χ3n) is 5.50. The first kappa shape index (κ1) is 18.8. The molecule has 0 saturated carbocycles. The molecule has 2 saturated heterocycles. The van der Waals surface area contributed by atoms with Crippen LogP contribution in [0, 0.1) is 18.7 Å². The number of likely N-dealkylation sites (tertiary alicyclic amines) is 1. The van der Waals surface area contributed by atoms with Gasteiger partial charge in [-0.1, -0.05) is 12.1 Å². The molecule has 1 unspecified atom stereocenters. The van der Waals surface area contributed by atoms with E-state index in [0.717, 1.165) is 24.9 Å². The second-order valence-corrected chi connectivity index (χ2v) is 7.45. The van der Waals surface area contributed by atoms with Gasteiger partial charge in [0.1, 0.15) is 5.82 Å². The molecule has 142 valence electrons. The summed E-state index contributed by atoms with van der Waals surface area (Å²) in [6.07, 6.45) is 4.17. The second kappa shape index (κ2) is 8.62. The van der Waals surface area contributed by atoms with Crippen LogP contribution in [-0.4, -0.2) is 42.4 Å². The highest BCUT2D eigenvalue weighted by Crippen LogP contribution is 2.20. The summed E-state index contributed by atoms with van der Waals surface area (Å²) in [5.41, 5.74) is 1.36. The number of carbonyl (C=O) groups excluding carboxylic acids is 2. The maximum Gasteiger partial charge on any atom is 0.224 e. The Morgan fingerprint density at radius 1 is 1.27 bits per heavy atom. The SMILES string of the molecule is Cc1ccc(CNC(=O)C2CCN(C(=O)CC3CCCN3)CC2)cc1F. The van der Waals surface area contributed by atoms with Crippen LogP contribution in [0.1, 0.15) is 43.2 Å². The number of carbonyl (C=O) groups is 2. The summed E-state index contributed by atoms with van der Waals surface area (Å²) in [6, 6.07) is 5.34. The number of piperidine rings is 1. The lowest BCUT2D eigenvalue weighted by atomic mass is 9.95. The molecule has 3 rings (SSSR count). The predicted molar refractivity (Wildman–Crippen MR) is 97.9 cm³/mol. The molecular formula is C20H28FN3O2. The molecule has 2 N–H and O–H groups in total. The summed E-state index contributed by atoms with van der Waals surface area (Å²) in [7, 11) is 0. The van der Waals surface area contributed by atoms with Crippen molar-refractivity contribution in [1.29, 1.82) is 0 Å². The van der Waals surface area contributed by atoms with E-state index in [4.69, 9.17) is 0 Å². The molecule has 0 radical (unpaired) electrons. The summed E-state index contributed by atoms with van der Waals surface area (Å²) in [5.74, 6) is -0.131. The van der Waals surface area contributed by atoms with Gasteiger partial charge in [-0.25, -0.2) is 4.39 Å². The van der Waals surface area contributed by atoms with Crippen molar-refractivity contribution in [1.82, 2.24) is 15.5 Å². The Balaban J connectivity index is 1.41. The summed E-state index contributed by atoms with van der Waals surface area (Å²) in [5, 5.41) is 6.25. The molecule has 1 aromatic rings. The van der Waals surface area contributed by atoms with Crippen molar-refractivity contribution in [3.05, 3.63) is 35.1 Å². The highest BCUT2D eigenvalue weighted by molar-refractivity contribution is 5.80. The van der Waals surface area contributed by atoms with E-state index in [1.54, 1.807) is 13.0 Å². The Hall–Kier alpha value is -1.95. The van der Waals surface area contributed by atoms with Gasteiger partial charge in [0.2, 0.25) is 11.8 Å². The summed E-state index contributed by atoms with van der Waals surface area (Å²) in [4.78, 5) is 26.6. The molecule has 2 aliphatic rings. The number of nitrogens with zero attached hydrogens (tertiary/aromatic N) is 1. The predicted octanol–water partition coefficient (Wildman–Crippen LogP) is 2.13. The quantitative estimate of drug-likeness (QED) is 0.845. The molecule has 2 heterocycles. The van der Waals surface area contributed by atoms with Crippen molar-refractivity contribution in [3.63, 3.8) is 0 Å². The van der Waals surface area contributed by atoms with Gasteiger partial charge in [0.15, 0.2) is 0 Å². The fraction of sp³-hybridized carbons (Fsp3) is 0.600. The Morgan fingerprint density at radius 3 is 2.69 bits per heavy atom. The first-order valence-corrected chi connectivity index (χ1v) is 9.57. The average Bonchev–Trinajstić information content (AvgIpc) is 3.15. The van der Waals surface area contributed by atoms with Crippen LogP contribution in [0.15, 0.2) is 18.2 Å². The van der Waals surface area contributed by atoms with Crippen molar-refractivity contribution in [2.45, 2.75) is 51.6 Å². The van der Waals surface area contributed by atoms with Gasteiger partial charge in [-0.05, 0) is 56.3 Å². The number of aryl methyl sites for hydroxylation is 1. The summed E-state index contributed by atoms with van der Waals surface area (Å²) in [6.45, 7) is 4.34. The van der Waals surface area contributed by atoms with Crippen molar-refractivity contribution >= 4 is 11.8 Å². The highest BCUT2D eigenvalue weighted by Gasteiger charge is 2.28. The van der Waals surface area contributed by atoms with E-state index in [1.807, 2.05) is 11.0 Å². The number of hydrogen-bond acceptors (Lipinski definition) is 3. The van der Waals surface area contributed by atoms with Gasteiger partial charge in [0, 0.05) is 38.0 Å². The van der Waals surface area contributed by atoms with Gasteiger partial charge in [-0.3, -0.25) is 9.59 Å². The zero-order valence-electron chi connectivity index (χ0n) is 15.4. The number of rotatable bonds is 5. The fourth-order valence-corrected chi connectivity index (χ4v) is 3.74. The van der Waals surface area contributed by atoms with E-state index < -0.39 is 0 Å². The van der Waals surface area contributed by atoms with Gasteiger partial charge in [-0.15, -0.1) is 0 Å². The molecule has 2 amide bonds. The monoisotopic (exact) mass is 361 g/mol. The number of benzene rings is 1. The number of nitrogens with one attached hydrogen (secondary N) is 2. The topological polar surface area (TPSA) is 61.4 Å². The molecule has 5 nitrogen and oxygen atoms in total. The zero-order chi connectivity index (χ0) is 18.5. The minimum atomic E-state index is -0.250. The third kappa shape index (κ3) is 4.81. The van der Waals surface area contributed by atoms with Crippen LogP contribution in [0.5, 0.6) is 0 Å². The third-order valence-corrected chi connectivity index (χ3v) is 5.50. The van der Waals surface area contributed by atoms with Crippen LogP contribution in [0.25, 0.3) is 0 Å². The van der Waals surface area contributed by atoms with Gasteiger partial charge in [0.25, 0.3) is 0 Å². The zero-order valence-corrected chi connectivity index (χ0v) is 15.4. The van der Waals surface area contributed by atoms with Gasteiger partial charge in [-0.2, -0.15) is 0 Å². The summed E-state index contributed by atoms with van der Waals surface area (Å²) < 4.78 is 13.6. The Bertz CT molecular complexity index is 650. The average molecular weight is 361 g/mol. The van der Waals surface area contributed by atoms with Crippen LogP contribution < -0.4 is 10.6 Å². The van der Waals surface area contributed by atoms with Gasteiger partial charge < -0.3 is 15.5 Å². The Labute approximate surface area is 154 Å². The molecule has 0 bridgehead atoms. The molecular weight excluding hydrogens is 333 g/mol. The number of halogens is 1. The lowest BCUT2D eigenvalue weighted by molar-refractivity contribution is -0.136. The number of amides is 2. The maximum atomic E-state index is 13.6. The van der Waals surface area contributed by atoms with E-state index >= 15 is 0 Å². The lowest BCUT2D eigenvalue weighted by Crippen LogP contribution is -2.44.